The number of anilines is 1. The minimum atomic E-state index is -4.25. The molecule has 0 aliphatic rings. The predicted molar refractivity (Wildman–Crippen MR) is 42.2 cm³/mol. The van der Waals surface area contributed by atoms with Crippen LogP contribution in [0.15, 0.2) is 0 Å². The SMILES string of the molecule is Cc1nn(CC(F)(F)F)c(C)c1N. The number of nitrogens with two attached hydrogens (primary N) is 1. The van der Waals surface area contributed by atoms with E-state index in [2.05, 4.69) is 5.10 Å². The average Bonchev–Trinajstić information content (AvgIpc) is 2.15. The number of nitrogen functional groups attached to an aromatic ring is 1. The minimum absolute atomic E-state index is 0.323. The molecule has 0 fully saturated rings. The zero-order valence-electron chi connectivity index (χ0n) is 7.31. The van der Waals surface area contributed by atoms with Gasteiger partial charge in [0.05, 0.1) is 17.1 Å². The molecular formula is C7H10F3N3. The highest BCUT2D eigenvalue weighted by atomic mass is 19.4. The summed E-state index contributed by atoms with van der Waals surface area (Å²) in [7, 11) is 0. The van der Waals surface area contributed by atoms with Gasteiger partial charge in [0, 0.05) is 0 Å². The average molecular weight is 193 g/mol. The van der Waals surface area contributed by atoms with Crippen LogP contribution in [0.1, 0.15) is 11.4 Å². The largest absolute Gasteiger partial charge is 0.408 e. The maximum absolute atomic E-state index is 12.0. The summed E-state index contributed by atoms with van der Waals surface area (Å²) >= 11 is 0. The molecule has 3 nitrogen and oxygen atoms in total. The minimum Gasteiger partial charge on any atom is -0.396 e. The lowest BCUT2D eigenvalue weighted by Crippen LogP contribution is -2.19. The zero-order valence-corrected chi connectivity index (χ0v) is 7.31. The van der Waals surface area contributed by atoms with Gasteiger partial charge in [-0.05, 0) is 13.8 Å². The lowest BCUT2D eigenvalue weighted by atomic mass is 10.3. The van der Waals surface area contributed by atoms with Gasteiger partial charge in [0.25, 0.3) is 0 Å². The Morgan fingerprint density at radius 2 is 1.92 bits per heavy atom. The van der Waals surface area contributed by atoms with E-state index in [0.29, 0.717) is 17.1 Å². The fourth-order valence-electron chi connectivity index (χ4n) is 1.03. The first-order chi connectivity index (χ1) is 5.81. The molecule has 13 heavy (non-hydrogen) atoms. The number of alkyl halides is 3. The lowest BCUT2D eigenvalue weighted by molar-refractivity contribution is -0.142. The number of halogens is 3. The van der Waals surface area contributed by atoms with E-state index in [0.717, 1.165) is 4.68 Å². The Bertz CT molecular complexity index is 314. The van der Waals surface area contributed by atoms with Crippen molar-refractivity contribution in [1.29, 1.82) is 0 Å². The van der Waals surface area contributed by atoms with E-state index < -0.39 is 12.7 Å². The monoisotopic (exact) mass is 193 g/mol. The summed E-state index contributed by atoms with van der Waals surface area (Å²) in [5.74, 6) is 0. The molecule has 1 aromatic heterocycles. The molecule has 1 rings (SSSR count). The molecule has 6 heteroatoms. The third-order valence-corrected chi connectivity index (χ3v) is 1.77. The van der Waals surface area contributed by atoms with E-state index in [-0.39, 0.29) is 0 Å². The quantitative estimate of drug-likeness (QED) is 0.736. The molecule has 0 aliphatic carbocycles. The van der Waals surface area contributed by atoms with Gasteiger partial charge in [-0.1, -0.05) is 0 Å². The summed E-state index contributed by atoms with van der Waals surface area (Å²) < 4.78 is 36.7. The molecule has 0 aliphatic heterocycles. The van der Waals surface area contributed by atoms with E-state index in [1.54, 1.807) is 6.92 Å². The van der Waals surface area contributed by atoms with Crippen molar-refractivity contribution in [2.45, 2.75) is 26.6 Å². The molecule has 0 saturated heterocycles. The van der Waals surface area contributed by atoms with Crippen molar-refractivity contribution in [2.24, 2.45) is 0 Å². The van der Waals surface area contributed by atoms with Gasteiger partial charge in [0.2, 0.25) is 0 Å². The maximum atomic E-state index is 12.0. The third kappa shape index (κ3) is 2.13. The standard InChI is InChI=1S/C7H10F3N3/c1-4-6(11)5(2)13(12-4)3-7(8,9)10/h3,11H2,1-2H3. The van der Waals surface area contributed by atoms with Gasteiger partial charge in [-0.15, -0.1) is 0 Å². The van der Waals surface area contributed by atoms with Crippen molar-refractivity contribution in [3.8, 4) is 0 Å². The van der Waals surface area contributed by atoms with Gasteiger partial charge in [0.1, 0.15) is 6.54 Å². The molecule has 1 aromatic rings. The molecule has 0 saturated carbocycles. The maximum Gasteiger partial charge on any atom is 0.408 e. The first-order valence-electron chi connectivity index (χ1n) is 3.67. The second kappa shape index (κ2) is 2.93. The van der Waals surface area contributed by atoms with Crippen LogP contribution in [0.4, 0.5) is 18.9 Å². The van der Waals surface area contributed by atoms with Crippen molar-refractivity contribution in [2.75, 3.05) is 5.73 Å². The van der Waals surface area contributed by atoms with Gasteiger partial charge in [-0.2, -0.15) is 18.3 Å². The van der Waals surface area contributed by atoms with Crippen LogP contribution < -0.4 is 5.73 Å². The summed E-state index contributed by atoms with van der Waals surface area (Å²) in [6.07, 6.45) is -4.25. The highest BCUT2D eigenvalue weighted by molar-refractivity contribution is 5.46. The van der Waals surface area contributed by atoms with Gasteiger partial charge >= 0.3 is 6.18 Å². The highest BCUT2D eigenvalue weighted by Gasteiger charge is 2.29. The number of aromatic nitrogens is 2. The number of rotatable bonds is 1. The van der Waals surface area contributed by atoms with Gasteiger partial charge in [-0.25, -0.2) is 0 Å². The Labute approximate surface area is 73.3 Å². The van der Waals surface area contributed by atoms with Crippen LogP contribution in [-0.2, 0) is 6.54 Å². The summed E-state index contributed by atoms with van der Waals surface area (Å²) in [5, 5.41) is 3.67. The van der Waals surface area contributed by atoms with Crippen LogP contribution in [0.25, 0.3) is 0 Å². The lowest BCUT2D eigenvalue weighted by Gasteiger charge is -2.07. The van der Waals surface area contributed by atoms with Crippen LogP contribution in [0.3, 0.4) is 0 Å². The number of aryl methyl sites for hydroxylation is 1. The van der Waals surface area contributed by atoms with E-state index in [1.807, 2.05) is 0 Å². The molecule has 74 valence electrons. The third-order valence-electron chi connectivity index (χ3n) is 1.77. The Kier molecular flexibility index (Phi) is 2.23. The van der Waals surface area contributed by atoms with Crippen LogP contribution in [0.5, 0.6) is 0 Å². The number of hydrogen-bond donors (Lipinski definition) is 1. The molecule has 2 N–H and O–H groups in total. The van der Waals surface area contributed by atoms with E-state index in [4.69, 9.17) is 5.73 Å². The zero-order chi connectivity index (χ0) is 10.2. The van der Waals surface area contributed by atoms with Gasteiger partial charge in [0.15, 0.2) is 0 Å². The van der Waals surface area contributed by atoms with Gasteiger partial charge in [-0.3, -0.25) is 4.68 Å². The summed E-state index contributed by atoms with van der Waals surface area (Å²) in [6.45, 7) is 2.01. The Morgan fingerprint density at radius 1 is 1.38 bits per heavy atom. The van der Waals surface area contributed by atoms with Crippen LogP contribution in [0.2, 0.25) is 0 Å². The normalized spacial score (nSPS) is 12.1. The Morgan fingerprint density at radius 3 is 2.23 bits per heavy atom. The van der Waals surface area contributed by atoms with Crippen LogP contribution >= 0.6 is 0 Å². The van der Waals surface area contributed by atoms with Crippen molar-refractivity contribution >= 4 is 5.69 Å². The van der Waals surface area contributed by atoms with E-state index in [1.165, 1.54) is 6.92 Å². The Hall–Kier alpha value is -1.20. The first-order valence-corrected chi connectivity index (χ1v) is 3.67. The van der Waals surface area contributed by atoms with Crippen molar-refractivity contribution in [3.05, 3.63) is 11.4 Å². The highest BCUT2D eigenvalue weighted by Crippen LogP contribution is 2.21. The molecule has 0 unspecified atom stereocenters. The first kappa shape index (κ1) is 9.88. The number of nitrogens with zero attached hydrogens (tertiary/aromatic N) is 2. The molecule has 0 radical (unpaired) electrons. The van der Waals surface area contributed by atoms with Crippen LogP contribution in [0, 0.1) is 13.8 Å². The molecule has 0 aromatic carbocycles. The second-order valence-corrected chi connectivity index (χ2v) is 2.86. The van der Waals surface area contributed by atoms with Crippen molar-refractivity contribution in [1.82, 2.24) is 9.78 Å². The topological polar surface area (TPSA) is 43.8 Å². The van der Waals surface area contributed by atoms with E-state index >= 15 is 0 Å². The predicted octanol–water partition coefficient (Wildman–Crippen LogP) is 1.64. The molecule has 0 atom stereocenters. The molecular weight excluding hydrogens is 183 g/mol. The second-order valence-electron chi connectivity index (χ2n) is 2.86. The summed E-state index contributed by atoms with van der Waals surface area (Å²) in [4.78, 5) is 0. The van der Waals surface area contributed by atoms with Crippen molar-refractivity contribution in [3.63, 3.8) is 0 Å². The van der Waals surface area contributed by atoms with Crippen molar-refractivity contribution < 1.29 is 13.2 Å². The molecule has 0 amide bonds. The van der Waals surface area contributed by atoms with Gasteiger partial charge < -0.3 is 5.73 Å². The smallest absolute Gasteiger partial charge is 0.396 e. The van der Waals surface area contributed by atoms with Crippen LogP contribution in [-0.4, -0.2) is 16.0 Å². The summed E-state index contributed by atoms with van der Waals surface area (Å²) in [5.41, 5.74) is 6.58. The molecule has 0 spiro atoms. The number of hydrogen-bond acceptors (Lipinski definition) is 2. The van der Waals surface area contributed by atoms with E-state index in [9.17, 15) is 13.2 Å². The fourth-order valence-corrected chi connectivity index (χ4v) is 1.03. The molecule has 1 heterocycles. The Balaban J connectivity index is 2.97. The fraction of sp³-hybridized carbons (Fsp3) is 0.571. The summed E-state index contributed by atoms with van der Waals surface area (Å²) in [6, 6.07) is 0. The molecule has 0 bridgehead atoms.